The second kappa shape index (κ2) is 11.7. The smallest absolute Gasteiger partial charge is 0.255 e. The number of thioether (sulfide) groups is 1. The number of anilines is 1. The van der Waals surface area contributed by atoms with Crippen LogP contribution < -0.4 is 5.32 Å². The average Bonchev–Trinajstić information content (AvgIpc) is 3.33. The van der Waals surface area contributed by atoms with E-state index in [0.29, 0.717) is 39.7 Å². The fourth-order valence-corrected chi connectivity index (χ4v) is 5.81. The minimum Gasteiger partial charge on any atom is -0.326 e. The van der Waals surface area contributed by atoms with Crippen molar-refractivity contribution in [3.63, 3.8) is 0 Å². The lowest BCUT2D eigenvalue weighted by Gasteiger charge is -2.24. The number of halogens is 1. The molecule has 0 radical (unpaired) electrons. The van der Waals surface area contributed by atoms with E-state index in [2.05, 4.69) is 17.4 Å². The van der Waals surface area contributed by atoms with Crippen molar-refractivity contribution in [1.82, 2.24) is 4.90 Å². The van der Waals surface area contributed by atoms with E-state index in [1.165, 1.54) is 5.56 Å². The average molecular weight is 541 g/mol. The molecule has 1 saturated heterocycles. The summed E-state index contributed by atoms with van der Waals surface area (Å²) >= 11 is 7.76. The van der Waals surface area contributed by atoms with E-state index in [-0.39, 0.29) is 23.0 Å². The van der Waals surface area contributed by atoms with Gasteiger partial charge in [-0.3, -0.25) is 14.4 Å². The number of amides is 2. The van der Waals surface area contributed by atoms with E-state index in [0.717, 1.165) is 12.0 Å². The molecule has 1 aliphatic heterocycles. The number of carbonyl (C=O) groups is 3. The number of hydrogen-bond acceptors (Lipinski definition) is 4. The van der Waals surface area contributed by atoms with E-state index in [1.807, 2.05) is 41.3 Å². The lowest BCUT2D eigenvalue weighted by atomic mass is 10.0. The van der Waals surface area contributed by atoms with Gasteiger partial charge in [0.2, 0.25) is 5.91 Å². The minimum absolute atomic E-state index is 0.0883. The molecule has 0 bridgehead atoms. The summed E-state index contributed by atoms with van der Waals surface area (Å²) < 4.78 is 0. The third-order valence-corrected chi connectivity index (χ3v) is 7.91. The number of rotatable bonds is 8. The molecule has 1 atom stereocenters. The molecule has 1 fully saturated rings. The van der Waals surface area contributed by atoms with Crippen LogP contribution in [0, 0.1) is 0 Å². The van der Waals surface area contributed by atoms with Crippen LogP contribution in [-0.2, 0) is 11.2 Å². The predicted octanol–water partition coefficient (Wildman–Crippen LogP) is 6.64. The van der Waals surface area contributed by atoms with Crippen LogP contribution in [0.4, 0.5) is 5.69 Å². The van der Waals surface area contributed by atoms with Crippen LogP contribution in [0.5, 0.6) is 0 Å². The Hall–Kier alpha value is -3.87. The van der Waals surface area contributed by atoms with Gasteiger partial charge in [0.15, 0.2) is 5.78 Å². The second-order valence-corrected chi connectivity index (χ2v) is 10.5. The lowest BCUT2D eigenvalue weighted by Crippen LogP contribution is -2.30. The van der Waals surface area contributed by atoms with Gasteiger partial charge in [-0.15, -0.1) is 11.8 Å². The number of carbonyl (C=O) groups excluding carboxylic acids is 3. The maximum absolute atomic E-state index is 13.1. The van der Waals surface area contributed by atoms with E-state index in [1.54, 1.807) is 66.4 Å². The summed E-state index contributed by atoms with van der Waals surface area (Å²) in [4.78, 5) is 40.7. The van der Waals surface area contributed by atoms with Gasteiger partial charge in [0.25, 0.3) is 5.91 Å². The minimum atomic E-state index is -0.336. The Morgan fingerprint density at radius 2 is 1.55 bits per heavy atom. The molecule has 38 heavy (non-hydrogen) atoms. The molecule has 0 saturated carbocycles. The van der Waals surface area contributed by atoms with Crippen LogP contribution in [0.15, 0.2) is 103 Å². The molecule has 0 aromatic heterocycles. The number of nitrogens with one attached hydrogen (secondary N) is 1. The van der Waals surface area contributed by atoms with Crippen molar-refractivity contribution in [3.8, 4) is 0 Å². The largest absolute Gasteiger partial charge is 0.326 e. The van der Waals surface area contributed by atoms with Crippen LogP contribution in [0.3, 0.4) is 0 Å². The Bertz CT molecular complexity index is 1460. The highest BCUT2D eigenvalue weighted by Gasteiger charge is 2.32. The van der Waals surface area contributed by atoms with E-state index < -0.39 is 0 Å². The molecular formula is C31H25ClN2O3S. The van der Waals surface area contributed by atoms with Crippen LogP contribution in [0.2, 0.25) is 5.02 Å². The van der Waals surface area contributed by atoms with Gasteiger partial charge in [0.1, 0.15) is 5.37 Å². The Morgan fingerprint density at radius 1 is 0.868 bits per heavy atom. The molecule has 4 aromatic rings. The summed E-state index contributed by atoms with van der Waals surface area (Å²) in [5, 5.41) is 3.18. The third-order valence-electron chi connectivity index (χ3n) is 6.42. The molecule has 0 aliphatic carbocycles. The zero-order valence-corrected chi connectivity index (χ0v) is 22.0. The molecule has 5 nitrogen and oxygen atoms in total. The lowest BCUT2D eigenvalue weighted by molar-refractivity contribution is -0.128. The summed E-state index contributed by atoms with van der Waals surface area (Å²) in [5.41, 5.74) is 3.83. The maximum atomic E-state index is 13.1. The van der Waals surface area contributed by atoms with Gasteiger partial charge in [-0.1, -0.05) is 84.4 Å². The van der Waals surface area contributed by atoms with Gasteiger partial charge in [-0.05, 0) is 47.9 Å². The fourth-order valence-electron chi connectivity index (χ4n) is 4.42. The first-order valence-electron chi connectivity index (χ1n) is 12.3. The summed E-state index contributed by atoms with van der Waals surface area (Å²) in [6, 6.07) is 31.1. The fraction of sp³-hybridized carbons (Fsp3) is 0.129. The first-order valence-corrected chi connectivity index (χ1v) is 13.7. The van der Waals surface area contributed by atoms with Crippen molar-refractivity contribution in [1.29, 1.82) is 0 Å². The topological polar surface area (TPSA) is 66.5 Å². The van der Waals surface area contributed by atoms with Gasteiger partial charge in [0.05, 0.1) is 11.4 Å². The highest BCUT2D eigenvalue weighted by Crippen LogP contribution is 2.38. The van der Waals surface area contributed by atoms with Crippen molar-refractivity contribution in [2.45, 2.75) is 11.8 Å². The van der Waals surface area contributed by atoms with Gasteiger partial charge in [-0.2, -0.15) is 0 Å². The van der Waals surface area contributed by atoms with Crippen LogP contribution >= 0.6 is 23.4 Å². The second-order valence-electron chi connectivity index (χ2n) is 8.95. The normalized spacial score (nSPS) is 14.9. The molecule has 2 amide bonds. The Morgan fingerprint density at radius 3 is 2.26 bits per heavy atom. The SMILES string of the molecule is O=C(Nc1ccc(Cl)cc1C(=O)c1ccccc1)c1ccc([C@H]2SCC(=O)N2CCc2ccccc2)cc1. The summed E-state index contributed by atoms with van der Waals surface area (Å²) in [6.07, 6.45) is 0.787. The first-order chi connectivity index (χ1) is 18.5. The highest BCUT2D eigenvalue weighted by molar-refractivity contribution is 8.00. The number of benzene rings is 4. The number of hydrogen-bond donors (Lipinski definition) is 1. The van der Waals surface area contributed by atoms with Gasteiger partial charge in [0, 0.05) is 28.3 Å². The molecule has 1 heterocycles. The molecule has 5 rings (SSSR count). The maximum Gasteiger partial charge on any atom is 0.255 e. The molecule has 190 valence electrons. The van der Waals surface area contributed by atoms with Crippen molar-refractivity contribution < 1.29 is 14.4 Å². The van der Waals surface area contributed by atoms with Crippen LogP contribution in [0.25, 0.3) is 0 Å². The van der Waals surface area contributed by atoms with Gasteiger partial charge >= 0.3 is 0 Å². The molecule has 0 spiro atoms. The van der Waals surface area contributed by atoms with Gasteiger partial charge in [-0.25, -0.2) is 0 Å². The van der Waals surface area contributed by atoms with E-state index >= 15 is 0 Å². The number of ketones is 1. The standard InChI is InChI=1S/C31H25ClN2O3S/c32-25-15-16-27(26(19-25)29(36)22-9-5-2-6-10-22)33-30(37)23-11-13-24(14-12-23)31-34(28(35)20-38-31)18-17-21-7-3-1-4-8-21/h1-16,19,31H,17-18,20H2,(H,33,37)/t31-/m1/s1. The molecule has 7 heteroatoms. The summed E-state index contributed by atoms with van der Waals surface area (Å²) in [7, 11) is 0. The van der Waals surface area contributed by atoms with E-state index in [9.17, 15) is 14.4 Å². The Balaban J connectivity index is 1.30. The Labute approximate surface area is 230 Å². The zero-order valence-electron chi connectivity index (χ0n) is 20.5. The molecular weight excluding hydrogens is 516 g/mol. The Kier molecular flexibility index (Phi) is 7.91. The number of nitrogens with zero attached hydrogens (tertiary/aromatic N) is 1. The van der Waals surface area contributed by atoms with Crippen molar-refractivity contribution in [2.75, 3.05) is 17.6 Å². The summed E-state index contributed by atoms with van der Waals surface area (Å²) in [6.45, 7) is 0.636. The molecule has 0 unspecified atom stereocenters. The van der Waals surface area contributed by atoms with Crippen LogP contribution in [0.1, 0.15) is 42.8 Å². The van der Waals surface area contributed by atoms with Gasteiger partial charge < -0.3 is 10.2 Å². The monoisotopic (exact) mass is 540 g/mol. The summed E-state index contributed by atoms with van der Waals surface area (Å²) in [5.74, 6) is 0.00154. The zero-order chi connectivity index (χ0) is 26.5. The quantitative estimate of drug-likeness (QED) is 0.254. The van der Waals surface area contributed by atoms with Crippen molar-refractivity contribution in [3.05, 3.63) is 136 Å². The first kappa shape index (κ1) is 25.8. The molecule has 4 aromatic carbocycles. The molecule has 1 aliphatic rings. The highest BCUT2D eigenvalue weighted by atomic mass is 35.5. The third kappa shape index (κ3) is 5.82. The molecule has 1 N–H and O–H groups in total. The van der Waals surface area contributed by atoms with Crippen LogP contribution in [-0.4, -0.2) is 34.8 Å². The van der Waals surface area contributed by atoms with E-state index in [4.69, 9.17) is 11.6 Å². The van der Waals surface area contributed by atoms with Crippen molar-refractivity contribution in [2.24, 2.45) is 0 Å². The van der Waals surface area contributed by atoms with Crippen molar-refractivity contribution >= 4 is 46.6 Å². The predicted molar refractivity (Wildman–Crippen MR) is 153 cm³/mol.